The molecule has 1 aliphatic rings. The van der Waals surface area contributed by atoms with Gasteiger partial charge in [-0.15, -0.1) is 0 Å². The molecule has 1 aliphatic carbocycles. The van der Waals surface area contributed by atoms with E-state index in [2.05, 4.69) is 15.4 Å². The topological polar surface area (TPSA) is 76.9 Å². The minimum absolute atomic E-state index is 0.139. The van der Waals surface area contributed by atoms with Gasteiger partial charge in [0.25, 0.3) is 0 Å². The maximum Gasteiger partial charge on any atom is 0.150 e. The monoisotopic (exact) mass is 334 g/mol. The molecule has 1 fully saturated rings. The van der Waals surface area contributed by atoms with Crippen molar-refractivity contribution in [1.29, 1.82) is 0 Å². The van der Waals surface area contributed by atoms with E-state index in [0.29, 0.717) is 5.92 Å². The molecule has 0 radical (unpaired) electrons. The van der Waals surface area contributed by atoms with Gasteiger partial charge >= 0.3 is 0 Å². The van der Waals surface area contributed by atoms with Gasteiger partial charge in [0.1, 0.15) is 9.84 Å². The fraction of sp³-hybridized carbons (Fsp3) is 0.500. The first-order valence-corrected chi connectivity index (χ1v) is 9.71. The van der Waals surface area contributed by atoms with Crippen LogP contribution < -0.4 is 5.32 Å². The van der Waals surface area contributed by atoms with Crippen molar-refractivity contribution in [2.75, 3.05) is 12.8 Å². The lowest BCUT2D eigenvalue weighted by Crippen LogP contribution is -2.40. The van der Waals surface area contributed by atoms with Crippen molar-refractivity contribution in [1.82, 2.24) is 20.1 Å². The molecule has 0 aromatic carbocycles. The molecule has 2 aromatic rings. The van der Waals surface area contributed by atoms with E-state index in [1.165, 1.54) is 6.26 Å². The van der Waals surface area contributed by atoms with Gasteiger partial charge in [0.2, 0.25) is 0 Å². The van der Waals surface area contributed by atoms with Gasteiger partial charge in [-0.1, -0.05) is 0 Å². The Morgan fingerprint density at radius 3 is 2.65 bits per heavy atom. The predicted molar refractivity (Wildman–Crippen MR) is 89.5 cm³/mol. The second kappa shape index (κ2) is 6.41. The predicted octanol–water partition coefficient (Wildman–Crippen LogP) is 1.39. The number of hydrogen-bond donors (Lipinski definition) is 1. The highest BCUT2D eigenvalue weighted by atomic mass is 32.2. The minimum Gasteiger partial charge on any atom is -0.312 e. The van der Waals surface area contributed by atoms with Gasteiger partial charge in [-0.2, -0.15) is 5.10 Å². The molecule has 0 saturated heterocycles. The Morgan fingerprint density at radius 1 is 1.30 bits per heavy atom. The molecule has 0 atom stereocenters. The third-order valence-corrected chi connectivity index (χ3v) is 6.00. The second-order valence-corrected chi connectivity index (χ2v) is 8.66. The normalized spacial score (nSPS) is 21.1. The van der Waals surface area contributed by atoms with Crippen LogP contribution in [-0.4, -0.2) is 41.2 Å². The Hall–Kier alpha value is -1.73. The average Bonchev–Trinajstić information content (AvgIpc) is 2.82. The van der Waals surface area contributed by atoms with E-state index in [-0.39, 0.29) is 5.25 Å². The summed E-state index contributed by atoms with van der Waals surface area (Å²) in [4.78, 5) is 4.04. The summed E-state index contributed by atoms with van der Waals surface area (Å²) in [6.45, 7) is 1.57. The third kappa shape index (κ3) is 3.79. The summed E-state index contributed by atoms with van der Waals surface area (Å²) >= 11 is 0. The molecule has 3 rings (SSSR count). The molecule has 0 bridgehead atoms. The number of hydrogen-bond acceptors (Lipinski definition) is 5. The summed E-state index contributed by atoms with van der Waals surface area (Å²) in [5.74, 6) is 0.454. The molecule has 0 spiro atoms. The quantitative estimate of drug-likeness (QED) is 0.864. The highest BCUT2D eigenvalue weighted by Gasteiger charge is 2.35. The Balaban J connectivity index is 1.56. The first-order chi connectivity index (χ1) is 10.9. The summed E-state index contributed by atoms with van der Waals surface area (Å²) in [5.41, 5.74) is 3.15. The van der Waals surface area contributed by atoms with Gasteiger partial charge < -0.3 is 5.32 Å². The molecule has 0 unspecified atom stereocenters. The lowest BCUT2D eigenvalue weighted by atomic mass is 9.85. The van der Waals surface area contributed by atoms with Crippen LogP contribution in [0.25, 0.3) is 11.3 Å². The van der Waals surface area contributed by atoms with E-state index < -0.39 is 9.84 Å². The molecule has 1 saturated carbocycles. The number of nitrogens with zero attached hydrogens (tertiary/aromatic N) is 3. The van der Waals surface area contributed by atoms with Crippen LogP contribution in [0.3, 0.4) is 0 Å². The van der Waals surface area contributed by atoms with Crippen LogP contribution in [0, 0.1) is 5.92 Å². The summed E-state index contributed by atoms with van der Waals surface area (Å²) in [6, 6.07) is 3.91. The Bertz CT molecular complexity index is 765. The smallest absolute Gasteiger partial charge is 0.150 e. The number of pyridine rings is 1. The molecule has 2 aromatic heterocycles. The summed E-state index contributed by atoms with van der Waals surface area (Å²) in [6.07, 6.45) is 8.43. The minimum atomic E-state index is -2.86. The van der Waals surface area contributed by atoms with Crippen molar-refractivity contribution in [3.8, 4) is 11.3 Å². The number of nitrogens with one attached hydrogen (secondary N) is 1. The summed E-state index contributed by atoms with van der Waals surface area (Å²) in [5, 5.41) is 7.82. The van der Waals surface area contributed by atoms with E-state index in [1.807, 2.05) is 30.1 Å². The standard InChI is InChI=1S/C16H22N4O2S/c1-20-11-14(16(19-20)13-3-5-17-6-4-13)10-18-9-12-7-15(8-12)23(2,21)22/h3-6,11-12,15,18H,7-10H2,1-2H3. The van der Waals surface area contributed by atoms with Crippen molar-refractivity contribution >= 4 is 9.84 Å². The highest BCUT2D eigenvalue weighted by molar-refractivity contribution is 7.91. The van der Waals surface area contributed by atoms with Crippen molar-refractivity contribution in [2.24, 2.45) is 13.0 Å². The second-order valence-electron chi connectivity index (χ2n) is 6.33. The van der Waals surface area contributed by atoms with Crippen LogP contribution in [0.4, 0.5) is 0 Å². The molecular weight excluding hydrogens is 312 g/mol. The van der Waals surface area contributed by atoms with Gasteiger partial charge in [0.05, 0.1) is 10.9 Å². The van der Waals surface area contributed by atoms with E-state index in [0.717, 1.165) is 42.8 Å². The number of aromatic nitrogens is 3. The maximum atomic E-state index is 11.4. The van der Waals surface area contributed by atoms with Crippen LogP contribution in [-0.2, 0) is 23.4 Å². The molecule has 23 heavy (non-hydrogen) atoms. The molecule has 0 amide bonds. The van der Waals surface area contributed by atoms with Crippen molar-refractivity contribution < 1.29 is 8.42 Å². The number of rotatable bonds is 6. The molecule has 124 valence electrons. The number of aryl methyl sites for hydroxylation is 1. The largest absolute Gasteiger partial charge is 0.312 e. The molecule has 6 nitrogen and oxygen atoms in total. The lowest BCUT2D eigenvalue weighted by Gasteiger charge is -2.34. The van der Waals surface area contributed by atoms with E-state index in [9.17, 15) is 8.42 Å². The fourth-order valence-electron chi connectivity index (χ4n) is 3.02. The van der Waals surface area contributed by atoms with Gasteiger partial charge in [-0.05, 0) is 37.4 Å². The van der Waals surface area contributed by atoms with Crippen LogP contribution >= 0.6 is 0 Å². The Labute approximate surface area is 136 Å². The van der Waals surface area contributed by atoms with Gasteiger partial charge in [-0.3, -0.25) is 9.67 Å². The van der Waals surface area contributed by atoms with Crippen molar-refractivity contribution in [2.45, 2.75) is 24.6 Å². The Morgan fingerprint density at radius 2 is 2.00 bits per heavy atom. The molecular formula is C16H22N4O2S. The zero-order valence-corrected chi connectivity index (χ0v) is 14.3. The summed E-state index contributed by atoms with van der Waals surface area (Å²) < 4.78 is 24.7. The molecule has 0 aliphatic heterocycles. The van der Waals surface area contributed by atoms with Crippen molar-refractivity contribution in [3.05, 3.63) is 36.3 Å². The van der Waals surface area contributed by atoms with Crippen LogP contribution in [0.15, 0.2) is 30.7 Å². The van der Waals surface area contributed by atoms with E-state index >= 15 is 0 Å². The average molecular weight is 334 g/mol. The first-order valence-electron chi connectivity index (χ1n) is 7.76. The highest BCUT2D eigenvalue weighted by Crippen LogP contribution is 2.32. The lowest BCUT2D eigenvalue weighted by molar-refractivity contribution is 0.302. The third-order valence-electron chi connectivity index (χ3n) is 4.40. The molecule has 1 N–H and O–H groups in total. The van der Waals surface area contributed by atoms with Crippen molar-refractivity contribution in [3.63, 3.8) is 0 Å². The zero-order valence-electron chi connectivity index (χ0n) is 13.4. The summed E-state index contributed by atoms with van der Waals surface area (Å²) in [7, 11) is -0.949. The fourth-order valence-corrected chi connectivity index (χ4v) is 4.27. The van der Waals surface area contributed by atoms with Crippen LogP contribution in [0.5, 0.6) is 0 Å². The van der Waals surface area contributed by atoms with Crippen LogP contribution in [0.2, 0.25) is 0 Å². The van der Waals surface area contributed by atoms with E-state index in [1.54, 1.807) is 12.4 Å². The molecule has 2 heterocycles. The maximum absolute atomic E-state index is 11.4. The Kier molecular flexibility index (Phi) is 4.50. The first kappa shape index (κ1) is 16.1. The zero-order chi connectivity index (χ0) is 16.4. The van der Waals surface area contributed by atoms with E-state index in [4.69, 9.17) is 0 Å². The number of sulfone groups is 1. The van der Waals surface area contributed by atoms with Crippen LogP contribution in [0.1, 0.15) is 18.4 Å². The van der Waals surface area contributed by atoms with Gasteiger partial charge in [-0.25, -0.2) is 8.42 Å². The molecule has 7 heteroatoms. The van der Waals surface area contributed by atoms with Gasteiger partial charge in [0.15, 0.2) is 0 Å². The SMILES string of the molecule is Cn1cc(CNCC2CC(S(C)(=O)=O)C2)c(-c2ccncc2)n1. The van der Waals surface area contributed by atoms with Gasteiger partial charge in [0, 0.05) is 49.6 Å².